The summed E-state index contributed by atoms with van der Waals surface area (Å²) < 4.78 is 20.9. The van der Waals surface area contributed by atoms with E-state index >= 15 is 0 Å². The molecule has 0 amide bonds. The molecular weight excluding hydrogens is 477 g/mol. The SMILES string of the molecule is Cn1cnc2ccc(C3=C(c4ccc(O[C@H]5CCN(CCCF)C5)cc4)c4ccc(O)cc4CCC3)cc21. The molecule has 5 nitrogen and oxygen atoms in total. The van der Waals surface area contributed by atoms with Crippen LogP contribution in [0.25, 0.3) is 22.2 Å². The Morgan fingerprint density at radius 3 is 2.71 bits per heavy atom. The molecule has 6 heteroatoms. The first-order valence-corrected chi connectivity index (χ1v) is 13.6. The van der Waals surface area contributed by atoms with Crippen LogP contribution in [-0.4, -0.2) is 52.0 Å². The lowest BCUT2D eigenvalue weighted by Crippen LogP contribution is -2.26. The Kier molecular flexibility index (Phi) is 6.90. The van der Waals surface area contributed by atoms with Gasteiger partial charge in [-0.05, 0) is 102 Å². The van der Waals surface area contributed by atoms with Crippen molar-refractivity contribution in [3.05, 3.63) is 89.2 Å². The number of hydrogen-bond acceptors (Lipinski definition) is 4. The van der Waals surface area contributed by atoms with Crippen LogP contribution in [-0.2, 0) is 13.5 Å². The molecule has 196 valence electrons. The maximum Gasteiger partial charge on any atom is 0.119 e. The fourth-order valence-electron chi connectivity index (χ4n) is 5.98. The zero-order valence-corrected chi connectivity index (χ0v) is 21.9. The molecule has 0 unspecified atom stereocenters. The fraction of sp³-hybridized carbons (Fsp3) is 0.344. The fourth-order valence-corrected chi connectivity index (χ4v) is 5.98. The van der Waals surface area contributed by atoms with Crippen LogP contribution in [0.4, 0.5) is 4.39 Å². The third-order valence-corrected chi connectivity index (χ3v) is 7.89. The standard InChI is InChI=1S/C32H34FN3O2/c1-35-21-34-30-13-8-24(19-31(30)35)28-5-2-4-23-18-25(37)9-12-29(23)32(28)22-6-10-26(11-7-22)38-27-14-17-36(20-27)16-3-15-33/h6-13,18-19,21,27,37H,2-5,14-17,20H2,1H3/t27-/m0/s1. The third-order valence-electron chi connectivity index (χ3n) is 7.89. The zero-order chi connectivity index (χ0) is 26.1. The molecule has 0 spiro atoms. The summed E-state index contributed by atoms with van der Waals surface area (Å²) in [7, 11) is 2.03. The van der Waals surface area contributed by atoms with E-state index in [2.05, 4.69) is 63.0 Å². The topological polar surface area (TPSA) is 50.5 Å². The Bertz CT molecular complexity index is 1470. The number of likely N-dealkylation sites (tertiary alicyclic amines) is 1. The number of alkyl halides is 1. The number of aromatic nitrogens is 2. The summed E-state index contributed by atoms with van der Waals surface area (Å²) in [6.07, 6.45) is 6.44. The first kappa shape index (κ1) is 24.7. The van der Waals surface area contributed by atoms with E-state index < -0.39 is 0 Å². The van der Waals surface area contributed by atoms with Gasteiger partial charge in [-0.15, -0.1) is 0 Å². The van der Waals surface area contributed by atoms with Crippen LogP contribution >= 0.6 is 0 Å². The van der Waals surface area contributed by atoms with Gasteiger partial charge in [0.15, 0.2) is 0 Å². The summed E-state index contributed by atoms with van der Waals surface area (Å²) in [4.78, 5) is 6.79. The monoisotopic (exact) mass is 511 g/mol. The highest BCUT2D eigenvalue weighted by Crippen LogP contribution is 2.41. The first-order chi connectivity index (χ1) is 18.6. The van der Waals surface area contributed by atoms with Crippen LogP contribution in [0.2, 0.25) is 0 Å². The van der Waals surface area contributed by atoms with E-state index in [1.807, 2.05) is 19.4 Å². The van der Waals surface area contributed by atoms with E-state index in [1.54, 1.807) is 6.07 Å². The predicted octanol–water partition coefficient (Wildman–Crippen LogP) is 6.39. The van der Waals surface area contributed by atoms with E-state index in [0.717, 1.165) is 67.7 Å². The highest BCUT2D eigenvalue weighted by molar-refractivity contribution is 6.01. The first-order valence-electron chi connectivity index (χ1n) is 13.6. The smallest absolute Gasteiger partial charge is 0.119 e. The zero-order valence-electron chi connectivity index (χ0n) is 21.9. The van der Waals surface area contributed by atoms with Crippen LogP contribution in [0, 0.1) is 0 Å². The second-order valence-electron chi connectivity index (χ2n) is 10.5. The average molecular weight is 512 g/mol. The number of allylic oxidation sites excluding steroid dienone is 1. The van der Waals surface area contributed by atoms with Crippen molar-refractivity contribution in [2.75, 3.05) is 26.3 Å². The molecule has 0 bridgehead atoms. The molecule has 2 aliphatic rings. The number of imidazole rings is 1. The molecule has 1 aliphatic carbocycles. The van der Waals surface area contributed by atoms with Crippen molar-refractivity contribution in [3.63, 3.8) is 0 Å². The minimum atomic E-state index is -0.264. The van der Waals surface area contributed by atoms with Crippen LogP contribution in [0.5, 0.6) is 11.5 Å². The number of hydrogen-bond donors (Lipinski definition) is 1. The number of ether oxygens (including phenoxy) is 1. The number of rotatable bonds is 7. The quantitative estimate of drug-likeness (QED) is 0.313. The van der Waals surface area contributed by atoms with Gasteiger partial charge in [0, 0.05) is 26.7 Å². The summed E-state index contributed by atoms with van der Waals surface area (Å²) in [5, 5.41) is 10.2. The lowest BCUT2D eigenvalue weighted by molar-refractivity contribution is 0.198. The van der Waals surface area contributed by atoms with Gasteiger partial charge in [0.1, 0.15) is 17.6 Å². The van der Waals surface area contributed by atoms with Gasteiger partial charge in [0.25, 0.3) is 0 Å². The number of nitrogens with zero attached hydrogens (tertiary/aromatic N) is 3. The molecule has 1 aromatic heterocycles. The van der Waals surface area contributed by atoms with Gasteiger partial charge >= 0.3 is 0 Å². The molecule has 1 fully saturated rings. The average Bonchev–Trinajstić information content (AvgIpc) is 3.48. The van der Waals surface area contributed by atoms with E-state index in [9.17, 15) is 9.50 Å². The van der Waals surface area contributed by atoms with Crippen LogP contribution in [0.1, 0.15) is 47.9 Å². The van der Waals surface area contributed by atoms with Crippen LogP contribution in [0.15, 0.2) is 67.0 Å². The number of halogens is 1. The van der Waals surface area contributed by atoms with Crippen molar-refractivity contribution in [2.24, 2.45) is 7.05 Å². The molecule has 0 saturated carbocycles. The van der Waals surface area contributed by atoms with Gasteiger partial charge in [-0.1, -0.05) is 24.3 Å². The molecule has 1 atom stereocenters. The normalized spacial score (nSPS) is 18.1. The van der Waals surface area contributed by atoms with E-state index in [-0.39, 0.29) is 12.8 Å². The van der Waals surface area contributed by atoms with Crippen molar-refractivity contribution >= 4 is 22.2 Å². The predicted molar refractivity (Wildman–Crippen MR) is 150 cm³/mol. The molecule has 1 N–H and O–H groups in total. The van der Waals surface area contributed by atoms with Crippen molar-refractivity contribution in [1.82, 2.24) is 14.5 Å². The van der Waals surface area contributed by atoms with Crippen molar-refractivity contribution < 1.29 is 14.2 Å². The number of benzene rings is 3. The Morgan fingerprint density at radius 2 is 1.87 bits per heavy atom. The molecular formula is C32H34FN3O2. The van der Waals surface area contributed by atoms with Crippen LogP contribution < -0.4 is 4.74 Å². The van der Waals surface area contributed by atoms with Crippen molar-refractivity contribution in [2.45, 2.75) is 38.2 Å². The lowest BCUT2D eigenvalue weighted by atomic mass is 9.87. The minimum Gasteiger partial charge on any atom is -0.508 e. The minimum absolute atomic E-state index is 0.141. The Morgan fingerprint density at radius 1 is 1.03 bits per heavy atom. The summed E-state index contributed by atoms with van der Waals surface area (Å²) >= 11 is 0. The second-order valence-corrected chi connectivity index (χ2v) is 10.5. The van der Waals surface area contributed by atoms with Gasteiger partial charge in [0.2, 0.25) is 0 Å². The maximum atomic E-state index is 12.5. The number of fused-ring (bicyclic) bond motifs is 2. The van der Waals surface area contributed by atoms with Gasteiger partial charge in [-0.25, -0.2) is 4.98 Å². The van der Waals surface area contributed by atoms with Crippen molar-refractivity contribution in [3.8, 4) is 11.5 Å². The summed E-state index contributed by atoms with van der Waals surface area (Å²) in [6.45, 7) is 2.35. The van der Waals surface area contributed by atoms with Crippen LogP contribution in [0.3, 0.4) is 0 Å². The highest BCUT2D eigenvalue weighted by Gasteiger charge is 2.24. The number of phenolic OH excluding ortho intramolecular Hbond substituents is 1. The molecule has 2 heterocycles. The molecule has 3 aromatic carbocycles. The number of aryl methyl sites for hydroxylation is 2. The Hall–Kier alpha value is -3.64. The van der Waals surface area contributed by atoms with Gasteiger partial charge < -0.3 is 14.4 Å². The number of phenols is 1. The number of aromatic hydroxyl groups is 1. The third kappa shape index (κ3) is 4.93. The highest BCUT2D eigenvalue weighted by atomic mass is 19.1. The van der Waals surface area contributed by atoms with Crippen molar-refractivity contribution in [1.29, 1.82) is 0 Å². The lowest BCUT2D eigenvalue weighted by Gasteiger charge is -2.19. The molecule has 38 heavy (non-hydrogen) atoms. The maximum absolute atomic E-state index is 12.5. The summed E-state index contributed by atoms with van der Waals surface area (Å²) in [6, 6.07) is 20.7. The molecule has 1 aliphatic heterocycles. The van der Waals surface area contributed by atoms with Gasteiger partial charge in [0.05, 0.1) is 24.0 Å². The van der Waals surface area contributed by atoms with Gasteiger partial charge in [-0.2, -0.15) is 0 Å². The van der Waals surface area contributed by atoms with Gasteiger partial charge in [-0.3, -0.25) is 9.29 Å². The summed E-state index contributed by atoms with van der Waals surface area (Å²) in [5.74, 6) is 1.17. The van der Waals surface area contributed by atoms with E-state index in [0.29, 0.717) is 12.2 Å². The molecule has 0 radical (unpaired) electrons. The second kappa shape index (κ2) is 10.6. The van der Waals surface area contributed by atoms with E-state index in [4.69, 9.17) is 4.74 Å². The Labute approximate surface area is 223 Å². The van der Waals surface area contributed by atoms with E-state index in [1.165, 1.54) is 27.8 Å². The Balaban J connectivity index is 1.36. The molecule has 4 aromatic rings. The summed E-state index contributed by atoms with van der Waals surface area (Å²) in [5.41, 5.74) is 9.33. The largest absolute Gasteiger partial charge is 0.508 e. The molecule has 6 rings (SSSR count). The molecule has 1 saturated heterocycles.